The Morgan fingerprint density at radius 1 is 0.615 bits per heavy atom. The fraction of sp³-hybridized carbons (Fsp3) is 0.0678. The van der Waals surface area contributed by atoms with Crippen molar-refractivity contribution in [3.63, 3.8) is 0 Å². The molecule has 0 atom stereocenters. The van der Waals surface area contributed by atoms with Crippen LogP contribution in [0.25, 0.3) is 83.4 Å². The maximum atomic E-state index is 9.03. The third-order valence-electron chi connectivity index (χ3n) is 11.2. The summed E-state index contributed by atoms with van der Waals surface area (Å²) in [7, 11) is 0. The Balaban J connectivity index is 0.00000344. The van der Waals surface area contributed by atoms with Crippen molar-refractivity contribution in [1.82, 2.24) is 14.1 Å². The van der Waals surface area contributed by atoms with Crippen LogP contribution in [0.15, 0.2) is 200 Å². The van der Waals surface area contributed by atoms with Crippen LogP contribution >= 0.6 is 0 Å². The van der Waals surface area contributed by atoms with E-state index in [0.29, 0.717) is 28.2 Å². The molecule has 11 rings (SSSR count). The van der Waals surface area contributed by atoms with Crippen molar-refractivity contribution in [2.75, 3.05) is 0 Å². The van der Waals surface area contributed by atoms with E-state index in [1.807, 2.05) is 72.9 Å². The Bertz CT molecular complexity index is 3930. The Morgan fingerprint density at radius 3 is 1.98 bits per heavy atom. The quantitative estimate of drug-likeness (QED) is 0.112. The van der Waals surface area contributed by atoms with Crippen LogP contribution in [0.3, 0.4) is 0 Å². The maximum absolute atomic E-state index is 9.03. The predicted molar refractivity (Wildman–Crippen MR) is 261 cm³/mol. The van der Waals surface area contributed by atoms with Gasteiger partial charge < -0.3 is 21.3 Å². The first-order valence-corrected chi connectivity index (χ1v) is 20.5. The Hall–Kier alpha value is -7.33. The minimum atomic E-state index is -0.574. The average Bonchev–Trinajstić information content (AvgIpc) is 3.96. The molecule has 0 aliphatic carbocycles. The molecule has 3 heterocycles. The summed E-state index contributed by atoms with van der Waals surface area (Å²) in [6.45, 7) is 6.53. The molecule has 0 fully saturated rings. The van der Waals surface area contributed by atoms with Gasteiger partial charge in [-0.25, -0.2) is 4.98 Å². The number of imidazole rings is 1. The molecule has 0 radical (unpaired) electrons. The van der Waals surface area contributed by atoms with Crippen molar-refractivity contribution in [2.45, 2.75) is 26.2 Å². The van der Waals surface area contributed by atoms with Crippen LogP contribution in [0.2, 0.25) is 0 Å². The zero-order valence-corrected chi connectivity index (χ0v) is 38.1. The third kappa shape index (κ3) is 7.87. The molecule has 0 amide bonds. The molecule has 0 aliphatic heterocycles. The number of pyridine rings is 1. The number of fused-ring (bicyclic) bond motifs is 4. The van der Waals surface area contributed by atoms with Gasteiger partial charge in [-0.05, 0) is 62.0 Å². The molecule has 0 saturated heterocycles. The number of rotatable bonds is 8. The monoisotopic (exact) mass is 1030 g/mol. The number of benzene rings is 8. The molecule has 0 unspecified atom stereocenters. The number of ether oxygens (including phenoxy) is 1. The normalized spacial score (nSPS) is 13.5. The SMILES string of the molecule is [2H]c1c([2H])c([2H])c(-c2cccc(-c3c([2H])c([2H])c([2H])c([2H])c3[2H])c2-[n+]2[c-]n(-c3[c-]c(Oc4[c-]c5c(cc4)c4cccc(-c6ccccc6)c4n5-c4cc(C(C)(C)C)ccn4)ccc3)c3ccccc32)c([2H])c1[2H].[CH3-].[Pt+4]. The Labute approximate surface area is 409 Å². The minimum absolute atomic E-state index is 0. The van der Waals surface area contributed by atoms with Gasteiger partial charge in [0.05, 0.1) is 30.4 Å². The standard InChI is InChI=1S/C58H42N4O.CH3.Pt/c1-58(2,3)43-34-35-59-55(36-43)62-54-38-46(32-33-50(54)51-29-17-28-49(57(51)62)42-22-11-6-12-23-42)63-45-25-15-24-44(37-45)60-39-61(53-31-14-13-30-52(53)60)56-47(40-18-7-4-8-19-40)26-16-27-48(56)41-20-9-5-10-21-41;;/h4-36H,1-3H3;1H3;/q-2;-1;+4/i4D,5D,7D,8D,9D,10D,18D,19D,20D,21D;;. The number of hydrogen-bond donors (Lipinski definition) is 0. The second kappa shape index (κ2) is 17.7. The van der Waals surface area contributed by atoms with Gasteiger partial charge in [-0.2, -0.15) is 18.2 Å². The van der Waals surface area contributed by atoms with E-state index >= 15 is 0 Å². The first-order chi connectivity index (χ1) is 35.0. The number of aromatic nitrogens is 4. The summed E-state index contributed by atoms with van der Waals surface area (Å²) in [5, 5.41) is 1.99. The topological polar surface area (TPSA) is 35.9 Å². The molecule has 8 aromatic carbocycles. The fourth-order valence-electron chi connectivity index (χ4n) is 8.22. The van der Waals surface area contributed by atoms with Crippen LogP contribution < -0.4 is 9.30 Å². The number of para-hydroxylation sites is 4. The number of nitrogens with zero attached hydrogens (tertiary/aromatic N) is 4. The zero-order chi connectivity index (χ0) is 51.2. The van der Waals surface area contributed by atoms with E-state index < -0.39 is 60.4 Å². The van der Waals surface area contributed by atoms with Gasteiger partial charge in [0.2, 0.25) is 0 Å². The van der Waals surface area contributed by atoms with E-state index in [9.17, 15) is 0 Å². The van der Waals surface area contributed by atoms with E-state index in [2.05, 4.69) is 80.2 Å². The summed E-state index contributed by atoms with van der Waals surface area (Å²) in [6, 6.07) is 43.8. The van der Waals surface area contributed by atoms with Gasteiger partial charge in [0.1, 0.15) is 5.82 Å². The van der Waals surface area contributed by atoms with Crippen molar-refractivity contribution < 1.29 is 44.1 Å². The van der Waals surface area contributed by atoms with Gasteiger partial charge in [-0.15, -0.1) is 29.7 Å². The van der Waals surface area contributed by atoms with Crippen molar-refractivity contribution in [2.24, 2.45) is 0 Å². The summed E-state index contributed by atoms with van der Waals surface area (Å²) < 4.78 is 99.2. The van der Waals surface area contributed by atoms with Crippen LogP contribution in [0.5, 0.6) is 11.5 Å². The molecule has 316 valence electrons. The predicted octanol–water partition coefficient (Wildman–Crippen LogP) is 14.3. The molecule has 11 aromatic rings. The van der Waals surface area contributed by atoms with Crippen molar-refractivity contribution in [1.29, 1.82) is 0 Å². The van der Waals surface area contributed by atoms with Gasteiger partial charge in [0.25, 0.3) is 6.33 Å². The molecule has 0 saturated carbocycles. The van der Waals surface area contributed by atoms with Gasteiger partial charge in [-0.1, -0.05) is 178 Å². The second-order valence-electron chi connectivity index (χ2n) is 16.1. The molecule has 65 heavy (non-hydrogen) atoms. The van der Waals surface area contributed by atoms with Crippen LogP contribution in [-0.4, -0.2) is 14.1 Å². The zero-order valence-electron chi connectivity index (χ0n) is 45.8. The Morgan fingerprint density at radius 2 is 1.26 bits per heavy atom. The van der Waals surface area contributed by atoms with Gasteiger partial charge in [-0.3, -0.25) is 4.57 Å². The molecule has 0 spiro atoms. The molecular formula is C59H45N4OPt+. The van der Waals surface area contributed by atoms with Crippen LogP contribution in [-0.2, 0) is 26.5 Å². The van der Waals surface area contributed by atoms with Gasteiger partial charge >= 0.3 is 21.1 Å². The third-order valence-corrected chi connectivity index (χ3v) is 11.2. The summed E-state index contributed by atoms with van der Waals surface area (Å²) in [5.41, 5.74) is 6.63. The van der Waals surface area contributed by atoms with E-state index in [0.717, 1.165) is 44.3 Å². The van der Waals surface area contributed by atoms with Crippen LogP contribution in [0, 0.1) is 25.9 Å². The second-order valence-corrected chi connectivity index (χ2v) is 16.1. The summed E-state index contributed by atoms with van der Waals surface area (Å²) >= 11 is 0. The minimum Gasteiger partial charge on any atom is -0.510 e. The van der Waals surface area contributed by atoms with E-state index in [1.54, 1.807) is 39.5 Å². The average molecular weight is 1030 g/mol. The van der Waals surface area contributed by atoms with Crippen molar-refractivity contribution >= 4 is 32.8 Å². The molecular weight excluding hydrogens is 976 g/mol. The van der Waals surface area contributed by atoms with E-state index in [1.165, 1.54) is 0 Å². The van der Waals surface area contributed by atoms with Gasteiger partial charge in [0.15, 0.2) is 0 Å². The molecule has 0 bridgehead atoms. The summed E-state index contributed by atoms with van der Waals surface area (Å²) in [4.78, 5) is 4.92. The van der Waals surface area contributed by atoms with Gasteiger partial charge in [0, 0.05) is 28.8 Å². The van der Waals surface area contributed by atoms with Crippen LogP contribution in [0.1, 0.15) is 40.0 Å². The van der Waals surface area contributed by atoms with E-state index in [-0.39, 0.29) is 61.8 Å². The van der Waals surface area contributed by atoms with E-state index in [4.69, 9.17) is 23.4 Å². The first kappa shape index (κ1) is 32.3. The molecule has 0 N–H and O–H groups in total. The first-order valence-electron chi connectivity index (χ1n) is 25.5. The summed E-state index contributed by atoms with van der Waals surface area (Å²) in [5.74, 6) is 1.51. The molecule has 0 aliphatic rings. The molecule has 6 heteroatoms. The summed E-state index contributed by atoms with van der Waals surface area (Å²) in [6.07, 6.45) is 5.26. The molecule has 5 nitrogen and oxygen atoms in total. The van der Waals surface area contributed by atoms with Crippen LogP contribution in [0.4, 0.5) is 0 Å². The Kier molecular flexibility index (Phi) is 8.80. The molecule has 3 aromatic heterocycles. The van der Waals surface area contributed by atoms with Crippen molar-refractivity contribution in [3.05, 3.63) is 232 Å². The number of hydrogen-bond acceptors (Lipinski definition) is 2. The maximum Gasteiger partial charge on any atom is 4.00 e. The smallest absolute Gasteiger partial charge is 0.510 e. The largest absolute Gasteiger partial charge is 4.00 e. The van der Waals surface area contributed by atoms with Crippen molar-refractivity contribution in [3.8, 4) is 62.1 Å². The fourth-order valence-corrected chi connectivity index (χ4v) is 8.22.